The Kier molecular flexibility index (Phi) is 4.22. The van der Waals surface area contributed by atoms with Gasteiger partial charge in [-0.25, -0.2) is 0 Å². The van der Waals surface area contributed by atoms with Crippen molar-refractivity contribution in [3.8, 4) is 11.5 Å². The molecule has 3 nitrogen and oxygen atoms in total. The maximum Gasteiger partial charge on any atom is 0.130 e. The van der Waals surface area contributed by atoms with Crippen LogP contribution in [0.15, 0.2) is 46.9 Å². The molecule has 3 N–H and O–H groups in total. The van der Waals surface area contributed by atoms with Gasteiger partial charge < -0.3 is 10.5 Å². The first-order valence-electron chi connectivity index (χ1n) is 6.01. The molecule has 2 aromatic rings. The van der Waals surface area contributed by atoms with Crippen molar-refractivity contribution >= 4 is 21.8 Å². The standard InChI is InChI=1S/C15H15BrN2O/c1-2-10-5-3-4-6-14(10)19-11-7-8-12(15(17)18)13(16)9-11/h3-9H,2H2,1H3,(H3,17,18). The molecule has 0 atom stereocenters. The molecule has 0 aliphatic rings. The molecule has 0 aromatic heterocycles. The van der Waals surface area contributed by atoms with Gasteiger partial charge in [-0.1, -0.05) is 25.1 Å². The zero-order valence-electron chi connectivity index (χ0n) is 10.6. The van der Waals surface area contributed by atoms with Crippen LogP contribution < -0.4 is 10.5 Å². The molecule has 0 spiro atoms. The molecule has 0 bridgehead atoms. The predicted octanol–water partition coefficient (Wildman–Crippen LogP) is 4.09. The summed E-state index contributed by atoms with van der Waals surface area (Å²) in [7, 11) is 0. The van der Waals surface area contributed by atoms with Crippen LogP contribution in [0.1, 0.15) is 18.1 Å². The van der Waals surface area contributed by atoms with Crippen molar-refractivity contribution in [2.24, 2.45) is 5.73 Å². The zero-order chi connectivity index (χ0) is 13.8. The molecule has 0 heterocycles. The zero-order valence-corrected chi connectivity index (χ0v) is 12.2. The van der Waals surface area contributed by atoms with Gasteiger partial charge in [0.1, 0.15) is 17.3 Å². The molecule has 98 valence electrons. The Morgan fingerprint density at radius 2 is 2.00 bits per heavy atom. The number of para-hydroxylation sites is 1. The SMILES string of the molecule is CCc1ccccc1Oc1ccc(C(=N)N)c(Br)c1. The molecular formula is C15H15BrN2O. The third-order valence-electron chi connectivity index (χ3n) is 2.81. The third-order valence-corrected chi connectivity index (χ3v) is 3.47. The highest BCUT2D eigenvalue weighted by Crippen LogP contribution is 2.29. The minimum atomic E-state index is 0.0346. The molecule has 2 rings (SSSR count). The molecule has 0 aliphatic carbocycles. The summed E-state index contributed by atoms with van der Waals surface area (Å²) in [6.45, 7) is 2.09. The van der Waals surface area contributed by atoms with Crippen molar-refractivity contribution in [1.29, 1.82) is 5.41 Å². The van der Waals surface area contributed by atoms with Crippen LogP contribution in [0.2, 0.25) is 0 Å². The molecular weight excluding hydrogens is 304 g/mol. The highest BCUT2D eigenvalue weighted by atomic mass is 79.9. The first-order valence-corrected chi connectivity index (χ1v) is 6.80. The number of halogens is 1. The van der Waals surface area contributed by atoms with E-state index >= 15 is 0 Å². The molecule has 0 fully saturated rings. The second-order valence-electron chi connectivity index (χ2n) is 4.12. The maximum absolute atomic E-state index is 7.44. The van der Waals surface area contributed by atoms with Crippen LogP contribution in [0.5, 0.6) is 11.5 Å². The average Bonchev–Trinajstić information content (AvgIpc) is 2.39. The molecule has 0 saturated heterocycles. The van der Waals surface area contributed by atoms with Crippen molar-refractivity contribution in [3.63, 3.8) is 0 Å². The number of aryl methyl sites for hydroxylation is 1. The second-order valence-corrected chi connectivity index (χ2v) is 4.97. The highest BCUT2D eigenvalue weighted by Gasteiger charge is 2.07. The molecule has 0 saturated carbocycles. The minimum absolute atomic E-state index is 0.0346. The van der Waals surface area contributed by atoms with E-state index in [0.29, 0.717) is 5.56 Å². The summed E-state index contributed by atoms with van der Waals surface area (Å²) in [5, 5.41) is 7.44. The lowest BCUT2D eigenvalue weighted by Crippen LogP contribution is -2.11. The topological polar surface area (TPSA) is 59.1 Å². The third kappa shape index (κ3) is 3.15. The number of amidine groups is 1. The lowest BCUT2D eigenvalue weighted by molar-refractivity contribution is 0.476. The number of ether oxygens (including phenoxy) is 1. The second kappa shape index (κ2) is 5.89. The van der Waals surface area contributed by atoms with E-state index in [1.165, 1.54) is 0 Å². The van der Waals surface area contributed by atoms with Gasteiger partial charge in [0.05, 0.1) is 0 Å². The van der Waals surface area contributed by atoms with Crippen molar-refractivity contribution in [2.45, 2.75) is 13.3 Å². The van der Waals surface area contributed by atoms with Crippen LogP contribution in [0.3, 0.4) is 0 Å². The number of nitrogens with one attached hydrogen (secondary N) is 1. The van der Waals surface area contributed by atoms with Crippen LogP contribution >= 0.6 is 15.9 Å². The van der Waals surface area contributed by atoms with Crippen molar-refractivity contribution in [3.05, 3.63) is 58.1 Å². The number of benzene rings is 2. The van der Waals surface area contributed by atoms with Gasteiger partial charge in [0.2, 0.25) is 0 Å². The van der Waals surface area contributed by atoms with Crippen LogP contribution in [-0.4, -0.2) is 5.84 Å². The summed E-state index contributed by atoms with van der Waals surface area (Å²) in [5.74, 6) is 1.61. The summed E-state index contributed by atoms with van der Waals surface area (Å²) in [5.41, 5.74) is 7.30. The number of rotatable bonds is 4. The number of nitrogens with two attached hydrogens (primary N) is 1. The van der Waals surface area contributed by atoms with Crippen LogP contribution in [0, 0.1) is 5.41 Å². The van der Waals surface area contributed by atoms with Gasteiger partial charge in [0, 0.05) is 10.0 Å². The fraction of sp³-hybridized carbons (Fsp3) is 0.133. The maximum atomic E-state index is 7.44. The van der Waals surface area contributed by atoms with Crippen molar-refractivity contribution in [2.75, 3.05) is 0 Å². The molecule has 0 unspecified atom stereocenters. The van der Waals surface area contributed by atoms with E-state index in [-0.39, 0.29) is 5.84 Å². The van der Waals surface area contributed by atoms with Gasteiger partial charge in [-0.05, 0) is 52.2 Å². The van der Waals surface area contributed by atoms with E-state index < -0.39 is 0 Å². The Bertz CT molecular complexity index is 611. The van der Waals surface area contributed by atoms with Gasteiger partial charge in [-0.15, -0.1) is 0 Å². The fourth-order valence-electron chi connectivity index (χ4n) is 1.80. The Balaban J connectivity index is 2.29. The molecule has 0 aliphatic heterocycles. The largest absolute Gasteiger partial charge is 0.457 e. The van der Waals surface area contributed by atoms with Crippen LogP contribution in [-0.2, 0) is 6.42 Å². The van der Waals surface area contributed by atoms with E-state index in [9.17, 15) is 0 Å². The number of hydrogen-bond donors (Lipinski definition) is 2. The van der Waals surface area contributed by atoms with Crippen molar-refractivity contribution in [1.82, 2.24) is 0 Å². The van der Waals surface area contributed by atoms with Crippen molar-refractivity contribution < 1.29 is 4.74 Å². The number of nitrogen functional groups attached to an aromatic ring is 1. The van der Waals surface area contributed by atoms with Gasteiger partial charge in [-0.2, -0.15) is 0 Å². The fourth-order valence-corrected chi connectivity index (χ4v) is 2.37. The van der Waals surface area contributed by atoms with E-state index in [1.54, 1.807) is 6.07 Å². The van der Waals surface area contributed by atoms with Gasteiger partial charge >= 0.3 is 0 Å². The summed E-state index contributed by atoms with van der Waals surface area (Å²) < 4.78 is 6.63. The number of hydrogen-bond acceptors (Lipinski definition) is 2. The van der Waals surface area contributed by atoms with E-state index in [0.717, 1.165) is 28.0 Å². The quantitative estimate of drug-likeness (QED) is 0.659. The molecule has 4 heteroatoms. The monoisotopic (exact) mass is 318 g/mol. The van der Waals surface area contributed by atoms with Crippen LogP contribution in [0.4, 0.5) is 0 Å². The predicted molar refractivity (Wildman–Crippen MR) is 81.1 cm³/mol. The van der Waals surface area contributed by atoms with E-state index in [1.807, 2.05) is 36.4 Å². The minimum Gasteiger partial charge on any atom is -0.457 e. The van der Waals surface area contributed by atoms with Gasteiger partial charge in [-0.3, -0.25) is 5.41 Å². The summed E-state index contributed by atoms with van der Waals surface area (Å²) in [4.78, 5) is 0. The summed E-state index contributed by atoms with van der Waals surface area (Å²) in [6, 6.07) is 13.4. The smallest absolute Gasteiger partial charge is 0.130 e. The summed E-state index contributed by atoms with van der Waals surface area (Å²) in [6.07, 6.45) is 0.920. The normalized spacial score (nSPS) is 10.2. The molecule has 0 radical (unpaired) electrons. The average molecular weight is 319 g/mol. The van der Waals surface area contributed by atoms with Gasteiger partial charge in [0.15, 0.2) is 0 Å². The Hall–Kier alpha value is -1.81. The Labute approximate surface area is 121 Å². The first-order chi connectivity index (χ1) is 9.11. The lowest BCUT2D eigenvalue weighted by Gasteiger charge is -2.11. The first kappa shape index (κ1) is 13.6. The molecule has 0 amide bonds. The highest BCUT2D eigenvalue weighted by molar-refractivity contribution is 9.10. The molecule has 2 aromatic carbocycles. The Morgan fingerprint density at radius 1 is 1.26 bits per heavy atom. The Morgan fingerprint density at radius 3 is 2.63 bits per heavy atom. The summed E-state index contributed by atoms with van der Waals surface area (Å²) >= 11 is 3.40. The van der Waals surface area contributed by atoms with Crippen LogP contribution in [0.25, 0.3) is 0 Å². The van der Waals surface area contributed by atoms with E-state index in [2.05, 4.69) is 22.9 Å². The molecule has 19 heavy (non-hydrogen) atoms. The van der Waals surface area contributed by atoms with E-state index in [4.69, 9.17) is 15.9 Å². The van der Waals surface area contributed by atoms with Gasteiger partial charge in [0.25, 0.3) is 0 Å². The lowest BCUT2D eigenvalue weighted by atomic mass is 10.1.